The molecule has 0 saturated carbocycles. The molecule has 3 heterocycles. The Kier molecular flexibility index (Phi) is 3.20. The molecule has 3 rings (SSSR count). The molecule has 0 aliphatic rings. The fraction of sp³-hybridized carbons (Fsp3) is 0.273. The van der Waals surface area contributed by atoms with Crippen LogP contribution >= 0.6 is 34.7 Å². The molecule has 5 nitrogen and oxygen atoms in total. The Bertz CT molecular complexity index is 764. The minimum absolute atomic E-state index is 0.260. The summed E-state index contributed by atoms with van der Waals surface area (Å²) in [5, 5.41) is 11.0. The zero-order valence-corrected chi connectivity index (χ0v) is 12.9. The molecule has 0 aliphatic heterocycles. The number of halogens is 1. The van der Waals surface area contributed by atoms with Crippen molar-refractivity contribution in [1.82, 2.24) is 24.7 Å². The first-order valence-corrected chi connectivity index (χ1v) is 7.53. The predicted molar refractivity (Wildman–Crippen MR) is 77.0 cm³/mol. The van der Waals surface area contributed by atoms with E-state index >= 15 is 0 Å². The molecule has 0 N–H and O–H groups in total. The van der Waals surface area contributed by atoms with Crippen molar-refractivity contribution in [1.29, 1.82) is 0 Å². The van der Waals surface area contributed by atoms with Gasteiger partial charge in [0.05, 0.1) is 0 Å². The Morgan fingerprint density at radius 3 is 2.74 bits per heavy atom. The molecule has 3 aromatic heterocycles. The molecule has 3 aromatic rings. The molecule has 0 amide bonds. The van der Waals surface area contributed by atoms with Gasteiger partial charge in [0.1, 0.15) is 15.7 Å². The third-order valence-corrected chi connectivity index (χ3v) is 4.85. The van der Waals surface area contributed by atoms with E-state index in [1.807, 2.05) is 25.5 Å². The molecule has 0 spiro atoms. The van der Waals surface area contributed by atoms with Crippen LogP contribution in [-0.4, -0.2) is 24.7 Å². The lowest BCUT2D eigenvalue weighted by atomic mass is 10.4. The standard InChI is InChI=1S/C11H10ClN5S2/c1-5-4-7-8(18-5)13-10(12)14-9(7)19-11-16-15-6(2)17(11)3/h4H,1-3H3. The van der Waals surface area contributed by atoms with Crippen LogP contribution in [0.25, 0.3) is 10.2 Å². The maximum atomic E-state index is 5.97. The first-order chi connectivity index (χ1) is 9.04. The average molecular weight is 312 g/mol. The van der Waals surface area contributed by atoms with Gasteiger partial charge in [0.25, 0.3) is 0 Å². The number of fused-ring (bicyclic) bond motifs is 1. The molecule has 0 aromatic carbocycles. The molecule has 0 radical (unpaired) electrons. The van der Waals surface area contributed by atoms with Gasteiger partial charge in [0.2, 0.25) is 5.28 Å². The van der Waals surface area contributed by atoms with Gasteiger partial charge >= 0.3 is 0 Å². The zero-order chi connectivity index (χ0) is 13.6. The molecule has 0 aliphatic carbocycles. The Balaban J connectivity index is 2.11. The van der Waals surface area contributed by atoms with Crippen molar-refractivity contribution in [3.8, 4) is 0 Å². The van der Waals surface area contributed by atoms with Gasteiger partial charge in [0.15, 0.2) is 5.16 Å². The van der Waals surface area contributed by atoms with E-state index in [-0.39, 0.29) is 5.28 Å². The summed E-state index contributed by atoms with van der Waals surface area (Å²) in [6.07, 6.45) is 0. The Morgan fingerprint density at radius 1 is 1.26 bits per heavy atom. The lowest BCUT2D eigenvalue weighted by Crippen LogP contribution is -1.94. The quantitative estimate of drug-likeness (QED) is 0.537. The van der Waals surface area contributed by atoms with Crippen LogP contribution in [0.15, 0.2) is 16.2 Å². The van der Waals surface area contributed by atoms with Crippen LogP contribution in [0, 0.1) is 13.8 Å². The molecule has 0 bridgehead atoms. The summed E-state index contributed by atoms with van der Waals surface area (Å²) < 4.78 is 1.92. The van der Waals surface area contributed by atoms with E-state index in [0.29, 0.717) is 0 Å². The second-order valence-electron chi connectivity index (χ2n) is 4.06. The smallest absolute Gasteiger partial charge is 0.224 e. The topological polar surface area (TPSA) is 56.5 Å². The molecule has 98 valence electrons. The highest BCUT2D eigenvalue weighted by Crippen LogP contribution is 2.34. The Hall–Kier alpha value is -1.18. The summed E-state index contributed by atoms with van der Waals surface area (Å²) in [5.74, 6) is 0.861. The minimum Gasteiger partial charge on any atom is -0.309 e. The molecule has 0 fully saturated rings. The lowest BCUT2D eigenvalue weighted by Gasteiger charge is -2.02. The summed E-state index contributed by atoms with van der Waals surface area (Å²) in [4.78, 5) is 10.6. The van der Waals surface area contributed by atoms with E-state index in [0.717, 1.165) is 26.2 Å². The number of aryl methyl sites for hydroxylation is 2. The van der Waals surface area contributed by atoms with Gasteiger partial charge in [-0.15, -0.1) is 21.5 Å². The van der Waals surface area contributed by atoms with Crippen LogP contribution < -0.4 is 0 Å². The third-order valence-electron chi connectivity index (χ3n) is 2.69. The Labute approximate surface area is 123 Å². The number of hydrogen-bond donors (Lipinski definition) is 0. The van der Waals surface area contributed by atoms with E-state index < -0.39 is 0 Å². The Morgan fingerprint density at radius 2 is 2.05 bits per heavy atom. The minimum atomic E-state index is 0.260. The van der Waals surface area contributed by atoms with E-state index in [9.17, 15) is 0 Å². The number of nitrogens with zero attached hydrogens (tertiary/aromatic N) is 5. The third kappa shape index (κ3) is 2.33. The fourth-order valence-corrected chi connectivity index (χ4v) is 3.77. The normalized spacial score (nSPS) is 11.4. The summed E-state index contributed by atoms with van der Waals surface area (Å²) in [7, 11) is 1.93. The summed E-state index contributed by atoms with van der Waals surface area (Å²) in [6.45, 7) is 3.95. The maximum absolute atomic E-state index is 5.97. The van der Waals surface area contributed by atoms with Gasteiger partial charge in [-0.1, -0.05) is 0 Å². The zero-order valence-electron chi connectivity index (χ0n) is 10.5. The molecular weight excluding hydrogens is 302 g/mol. The molecule has 0 unspecified atom stereocenters. The van der Waals surface area contributed by atoms with Crippen molar-refractivity contribution < 1.29 is 0 Å². The highest BCUT2D eigenvalue weighted by atomic mass is 35.5. The molecular formula is C11H10ClN5S2. The molecule has 0 saturated heterocycles. The fourth-order valence-electron chi connectivity index (χ4n) is 1.63. The summed E-state index contributed by atoms with van der Waals surface area (Å²) in [6, 6.07) is 2.07. The second kappa shape index (κ2) is 4.73. The van der Waals surface area contributed by atoms with E-state index in [1.165, 1.54) is 16.6 Å². The van der Waals surface area contributed by atoms with Gasteiger partial charge in [-0.05, 0) is 43.3 Å². The second-order valence-corrected chi connectivity index (χ2v) is 6.59. The first-order valence-electron chi connectivity index (χ1n) is 5.52. The monoisotopic (exact) mass is 311 g/mol. The number of rotatable bonds is 2. The van der Waals surface area contributed by atoms with Crippen molar-refractivity contribution in [2.75, 3.05) is 0 Å². The van der Waals surface area contributed by atoms with Crippen LogP contribution in [0.1, 0.15) is 10.7 Å². The summed E-state index contributed by atoms with van der Waals surface area (Å²) >= 11 is 9.03. The van der Waals surface area contributed by atoms with E-state index in [1.54, 1.807) is 11.3 Å². The molecule has 8 heteroatoms. The van der Waals surface area contributed by atoms with Crippen LogP contribution in [0.3, 0.4) is 0 Å². The van der Waals surface area contributed by atoms with Crippen LogP contribution in [0.5, 0.6) is 0 Å². The highest BCUT2D eigenvalue weighted by Gasteiger charge is 2.14. The van der Waals surface area contributed by atoms with Gasteiger partial charge in [-0.25, -0.2) is 9.97 Å². The van der Waals surface area contributed by atoms with Crippen molar-refractivity contribution in [2.24, 2.45) is 7.05 Å². The highest BCUT2D eigenvalue weighted by molar-refractivity contribution is 7.99. The van der Waals surface area contributed by atoms with E-state index in [2.05, 4.69) is 26.2 Å². The first kappa shape index (κ1) is 12.8. The maximum Gasteiger partial charge on any atom is 0.224 e. The number of thiophene rings is 1. The van der Waals surface area contributed by atoms with Crippen molar-refractivity contribution >= 4 is 44.9 Å². The van der Waals surface area contributed by atoms with Crippen molar-refractivity contribution in [2.45, 2.75) is 24.0 Å². The van der Waals surface area contributed by atoms with Crippen molar-refractivity contribution in [3.63, 3.8) is 0 Å². The van der Waals surface area contributed by atoms with Gasteiger partial charge < -0.3 is 4.57 Å². The lowest BCUT2D eigenvalue weighted by molar-refractivity contribution is 0.765. The van der Waals surface area contributed by atoms with E-state index in [4.69, 9.17) is 11.6 Å². The predicted octanol–water partition coefficient (Wildman–Crippen LogP) is 3.24. The van der Waals surface area contributed by atoms with Gasteiger partial charge in [-0.2, -0.15) is 0 Å². The SMILES string of the molecule is Cc1cc2c(Sc3nnc(C)n3C)nc(Cl)nc2s1. The van der Waals surface area contributed by atoms with Crippen LogP contribution in [0.2, 0.25) is 5.28 Å². The average Bonchev–Trinajstić information content (AvgIpc) is 2.86. The summed E-state index contributed by atoms with van der Waals surface area (Å²) in [5.41, 5.74) is 0. The molecule has 19 heavy (non-hydrogen) atoms. The van der Waals surface area contributed by atoms with Gasteiger partial charge in [0, 0.05) is 17.3 Å². The number of hydrogen-bond acceptors (Lipinski definition) is 6. The van der Waals surface area contributed by atoms with Crippen LogP contribution in [0.4, 0.5) is 0 Å². The van der Waals surface area contributed by atoms with Gasteiger partial charge in [-0.3, -0.25) is 0 Å². The largest absolute Gasteiger partial charge is 0.309 e. The van der Waals surface area contributed by atoms with Crippen LogP contribution in [-0.2, 0) is 7.05 Å². The molecule has 0 atom stereocenters. The number of aromatic nitrogens is 5. The van der Waals surface area contributed by atoms with Crippen molar-refractivity contribution in [3.05, 3.63) is 22.1 Å².